The molecule has 8 heteroatoms. The van der Waals surface area contributed by atoms with Gasteiger partial charge in [-0.05, 0) is 38.8 Å². The largest absolute Gasteiger partial charge is 0.493 e. The summed E-state index contributed by atoms with van der Waals surface area (Å²) in [6, 6.07) is 3.47. The predicted molar refractivity (Wildman–Crippen MR) is 100 cm³/mol. The highest BCUT2D eigenvalue weighted by Crippen LogP contribution is 2.32. The zero-order valence-corrected chi connectivity index (χ0v) is 16.1. The minimum atomic E-state index is -0.397. The third-order valence-corrected chi connectivity index (χ3v) is 4.72. The van der Waals surface area contributed by atoms with E-state index in [0.717, 1.165) is 17.5 Å². The molecule has 0 saturated carbocycles. The molecular weight excluding hydrogens is 350 g/mol. The smallest absolute Gasteiger partial charge is 0.279 e. The van der Waals surface area contributed by atoms with Gasteiger partial charge >= 0.3 is 0 Å². The van der Waals surface area contributed by atoms with Gasteiger partial charge in [-0.1, -0.05) is 0 Å². The van der Waals surface area contributed by atoms with Crippen molar-refractivity contribution in [2.45, 2.75) is 44.9 Å². The van der Waals surface area contributed by atoms with Crippen LogP contribution in [0.15, 0.2) is 23.1 Å². The number of benzene rings is 1. The Bertz CT molecular complexity index is 906. The molecule has 1 saturated heterocycles. The Morgan fingerprint density at radius 2 is 2.15 bits per heavy atom. The summed E-state index contributed by atoms with van der Waals surface area (Å²) in [5, 5.41) is 8.06. The molecule has 1 N–H and O–H groups in total. The number of carbonyl (C=O) groups excluding carboxylic acids is 1. The maximum Gasteiger partial charge on any atom is 0.279 e. The second kappa shape index (κ2) is 7.56. The molecule has 2 heterocycles. The van der Waals surface area contributed by atoms with Crippen molar-refractivity contribution in [1.82, 2.24) is 15.1 Å². The van der Waals surface area contributed by atoms with Crippen LogP contribution in [0.5, 0.6) is 11.5 Å². The van der Waals surface area contributed by atoms with E-state index in [1.54, 1.807) is 18.3 Å². The average Bonchev–Trinajstić information content (AvgIpc) is 2.62. The molecule has 0 bridgehead atoms. The van der Waals surface area contributed by atoms with E-state index in [4.69, 9.17) is 14.2 Å². The van der Waals surface area contributed by atoms with Crippen LogP contribution in [0.25, 0.3) is 10.8 Å². The molecule has 1 aliphatic rings. The minimum absolute atomic E-state index is 0.0204. The average molecular weight is 375 g/mol. The summed E-state index contributed by atoms with van der Waals surface area (Å²) in [6.45, 7) is 4.44. The molecular formula is C19H25N3O5. The van der Waals surface area contributed by atoms with Gasteiger partial charge in [0, 0.05) is 18.0 Å². The van der Waals surface area contributed by atoms with Crippen molar-refractivity contribution in [3.05, 3.63) is 28.7 Å². The Balaban J connectivity index is 1.83. The second-order valence-corrected chi connectivity index (χ2v) is 7.24. The normalized spacial score (nSPS) is 18.9. The zero-order chi connectivity index (χ0) is 19.6. The standard InChI is InChI=1S/C19H25N3O5/c1-19(2)9-13(7-8-27-19)21-15(23)11-22-18(24)16-12(10-20-22)5-6-14(25-3)17(16)26-4/h5-6,10,13H,7-9,11H2,1-4H3,(H,21,23). The van der Waals surface area contributed by atoms with E-state index < -0.39 is 5.56 Å². The van der Waals surface area contributed by atoms with E-state index in [-0.39, 0.29) is 24.1 Å². The number of nitrogens with zero attached hydrogens (tertiary/aromatic N) is 2. The van der Waals surface area contributed by atoms with Crippen molar-refractivity contribution in [3.63, 3.8) is 0 Å². The van der Waals surface area contributed by atoms with Gasteiger partial charge < -0.3 is 19.5 Å². The van der Waals surface area contributed by atoms with Crippen LogP contribution >= 0.6 is 0 Å². The molecule has 1 amide bonds. The topological polar surface area (TPSA) is 91.7 Å². The van der Waals surface area contributed by atoms with Gasteiger partial charge in [-0.2, -0.15) is 5.10 Å². The van der Waals surface area contributed by atoms with Gasteiger partial charge in [0.25, 0.3) is 5.56 Å². The van der Waals surface area contributed by atoms with Crippen LogP contribution in [0.3, 0.4) is 0 Å². The molecule has 1 unspecified atom stereocenters. The van der Waals surface area contributed by atoms with Crippen LogP contribution in [0.2, 0.25) is 0 Å². The SMILES string of the molecule is COc1ccc2cnn(CC(=O)NC3CCOC(C)(C)C3)c(=O)c2c1OC. The molecule has 1 fully saturated rings. The van der Waals surface area contributed by atoms with Crippen LogP contribution in [0.1, 0.15) is 26.7 Å². The van der Waals surface area contributed by atoms with Gasteiger partial charge in [0.2, 0.25) is 5.91 Å². The van der Waals surface area contributed by atoms with E-state index >= 15 is 0 Å². The van der Waals surface area contributed by atoms with E-state index in [0.29, 0.717) is 28.9 Å². The van der Waals surface area contributed by atoms with Crippen molar-refractivity contribution in [1.29, 1.82) is 0 Å². The lowest BCUT2D eigenvalue weighted by atomic mass is 9.94. The molecule has 1 aromatic carbocycles. The summed E-state index contributed by atoms with van der Waals surface area (Å²) >= 11 is 0. The lowest BCUT2D eigenvalue weighted by molar-refractivity contribution is -0.124. The number of rotatable bonds is 5. The fraction of sp³-hybridized carbons (Fsp3) is 0.526. The highest BCUT2D eigenvalue weighted by molar-refractivity contribution is 5.89. The van der Waals surface area contributed by atoms with Crippen LogP contribution in [0.4, 0.5) is 0 Å². The summed E-state index contributed by atoms with van der Waals surface area (Å²) < 4.78 is 17.4. The maximum absolute atomic E-state index is 12.9. The second-order valence-electron chi connectivity index (χ2n) is 7.24. The van der Waals surface area contributed by atoms with Crippen LogP contribution in [0, 0.1) is 0 Å². The quantitative estimate of drug-likeness (QED) is 0.851. The number of hydrogen-bond acceptors (Lipinski definition) is 6. The first-order chi connectivity index (χ1) is 12.8. The predicted octanol–water partition coefficient (Wildman–Crippen LogP) is 1.49. The van der Waals surface area contributed by atoms with Crippen molar-refractivity contribution < 1.29 is 19.0 Å². The van der Waals surface area contributed by atoms with Gasteiger partial charge in [0.1, 0.15) is 6.54 Å². The molecule has 8 nitrogen and oxygen atoms in total. The third kappa shape index (κ3) is 4.05. The number of amides is 1. The Morgan fingerprint density at radius 3 is 2.81 bits per heavy atom. The van der Waals surface area contributed by atoms with E-state index in [9.17, 15) is 9.59 Å². The summed E-state index contributed by atoms with van der Waals surface area (Å²) in [5.74, 6) is 0.532. The van der Waals surface area contributed by atoms with Gasteiger partial charge in [0.05, 0.1) is 31.4 Å². The Hall–Kier alpha value is -2.61. The number of methoxy groups -OCH3 is 2. The number of hydrogen-bond donors (Lipinski definition) is 1. The van der Waals surface area contributed by atoms with Gasteiger partial charge in [-0.3, -0.25) is 9.59 Å². The fourth-order valence-corrected chi connectivity index (χ4v) is 3.46. The van der Waals surface area contributed by atoms with Crippen molar-refractivity contribution in [2.24, 2.45) is 0 Å². The molecule has 1 aliphatic heterocycles. The zero-order valence-electron chi connectivity index (χ0n) is 16.1. The molecule has 146 valence electrons. The minimum Gasteiger partial charge on any atom is -0.493 e. The van der Waals surface area contributed by atoms with Crippen LogP contribution in [-0.2, 0) is 16.1 Å². The fourth-order valence-electron chi connectivity index (χ4n) is 3.46. The van der Waals surface area contributed by atoms with Crippen LogP contribution in [-0.4, -0.2) is 48.2 Å². The third-order valence-electron chi connectivity index (χ3n) is 4.72. The number of ether oxygens (including phenoxy) is 3. The van der Waals surface area contributed by atoms with E-state index in [2.05, 4.69) is 10.4 Å². The first-order valence-corrected chi connectivity index (χ1v) is 8.89. The van der Waals surface area contributed by atoms with Gasteiger partial charge in [-0.15, -0.1) is 0 Å². The van der Waals surface area contributed by atoms with E-state index in [1.807, 2.05) is 13.8 Å². The Kier molecular flexibility index (Phi) is 5.36. The molecule has 0 aliphatic carbocycles. The van der Waals surface area contributed by atoms with E-state index in [1.165, 1.54) is 14.2 Å². The lowest BCUT2D eigenvalue weighted by Crippen LogP contribution is -2.47. The number of nitrogens with one attached hydrogen (secondary N) is 1. The Labute approximate surface area is 157 Å². The highest BCUT2D eigenvalue weighted by Gasteiger charge is 2.29. The number of fused-ring (bicyclic) bond motifs is 1. The molecule has 0 radical (unpaired) electrons. The molecule has 2 aromatic rings. The molecule has 0 spiro atoms. The monoisotopic (exact) mass is 375 g/mol. The Morgan fingerprint density at radius 1 is 1.37 bits per heavy atom. The molecule has 27 heavy (non-hydrogen) atoms. The summed E-state index contributed by atoms with van der Waals surface area (Å²) in [5.41, 5.74) is -0.663. The molecule has 1 aromatic heterocycles. The van der Waals surface area contributed by atoms with Gasteiger partial charge in [0.15, 0.2) is 11.5 Å². The lowest BCUT2D eigenvalue weighted by Gasteiger charge is -2.35. The van der Waals surface area contributed by atoms with Gasteiger partial charge in [-0.25, -0.2) is 4.68 Å². The summed E-state index contributed by atoms with van der Waals surface area (Å²) in [6.07, 6.45) is 3.02. The summed E-state index contributed by atoms with van der Waals surface area (Å²) in [7, 11) is 2.98. The number of carbonyl (C=O) groups is 1. The summed E-state index contributed by atoms with van der Waals surface area (Å²) in [4.78, 5) is 25.3. The van der Waals surface area contributed by atoms with Crippen molar-refractivity contribution in [3.8, 4) is 11.5 Å². The first kappa shape index (κ1) is 19.2. The number of aromatic nitrogens is 2. The molecule has 3 rings (SSSR count). The van der Waals surface area contributed by atoms with Crippen molar-refractivity contribution >= 4 is 16.7 Å². The highest BCUT2D eigenvalue weighted by atomic mass is 16.5. The first-order valence-electron chi connectivity index (χ1n) is 8.89. The maximum atomic E-state index is 12.9. The van der Waals surface area contributed by atoms with Crippen LogP contribution < -0.4 is 20.3 Å². The molecule has 1 atom stereocenters. The van der Waals surface area contributed by atoms with Crippen molar-refractivity contribution in [2.75, 3.05) is 20.8 Å².